The lowest BCUT2D eigenvalue weighted by molar-refractivity contribution is -0.00000355. The summed E-state index contributed by atoms with van der Waals surface area (Å²) in [5, 5.41) is 0. The summed E-state index contributed by atoms with van der Waals surface area (Å²) in [7, 11) is -0.583. The summed E-state index contributed by atoms with van der Waals surface area (Å²) in [5.41, 5.74) is 0.0940. The molecule has 0 aliphatic carbocycles. The number of rotatable bonds is 5. The van der Waals surface area contributed by atoms with Crippen molar-refractivity contribution in [1.29, 1.82) is 0 Å². The minimum Gasteiger partial charge on any atom is -1.00 e. The topological polar surface area (TPSA) is 12.0 Å². The van der Waals surface area contributed by atoms with Gasteiger partial charge in [0.15, 0.2) is 0 Å². The van der Waals surface area contributed by atoms with E-state index in [0.717, 1.165) is 6.42 Å². The molecular weight excluding hydrogens is 224 g/mol. The second-order valence-corrected chi connectivity index (χ2v) is 10.3. The molecule has 0 saturated heterocycles. The van der Waals surface area contributed by atoms with Gasteiger partial charge in [0.2, 0.25) is 0 Å². The molecule has 0 aliphatic rings. The first kappa shape index (κ1) is 16.4. The van der Waals surface area contributed by atoms with Gasteiger partial charge in [-0.15, -0.1) is 0 Å². The maximum Gasteiger partial charge on any atom is 0.0587 e. The minimum atomic E-state index is -0.583. The van der Waals surface area contributed by atoms with Crippen LogP contribution in [0.2, 0.25) is 0 Å². The second kappa shape index (κ2) is 6.45. The van der Waals surface area contributed by atoms with Gasteiger partial charge in [0.05, 0.1) is 6.16 Å². The van der Waals surface area contributed by atoms with Crippen molar-refractivity contribution in [2.24, 2.45) is 0 Å². The van der Waals surface area contributed by atoms with E-state index < -0.39 is 7.26 Å². The van der Waals surface area contributed by atoms with E-state index in [4.69, 9.17) is 11.8 Å². The normalized spacial score (nSPS) is 12.5. The van der Waals surface area contributed by atoms with Crippen molar-refractivity contribution < 1.29 is 12.4 Å². The molecule has 0 atom stereocenters. The Labute approximate surface area is 94.9 Å². The van der Waals surface area contributed by atoms with Crippen molar-refractivity contribution in [3.8, 4) is 0 Å². The first-order valence-corrected chi connectivity index (χ1v) is 8.14. The number of nitrogens with one attached hydrogen (secondary N) is 1. The van der Waals surface area contributed by atoms with Crippen LogP contribution in [0.4, 0.5) is 0 Å². The van der Waals surface area contributed by atoms with Crippen molar-refractivity contribution in [1.82, 2.24) is 4.84 Å². The van der Waals surface area contributed by atoms with Crippen LogP contribution >= 0.6 is 19.0 Å². The lowest BCUT2D eigenvalue weighted by atomic mass is 10.0. The van der Waals surface area contributed by atoms with Crippen LogP contribution in [0.5, 0.6) is 0 Å². The lowest BCUT2D eigenvalue weighted by Gasteiger charge is -2.22. The molecule has 0 bridgehead atoms. The van der Waals surface area contributed by atoms with E-state index in [2.05, 4.69) is 38.7 Å². The SMILES string of the molecule is CC(C)(CCC[P+](C)(C)C)NCl.[Cl-]. The zero-order valence-corrected chi connectivity index (χ0v) is 11.7. The quantitative estimate of drug-likeness (QED) is 0.540. The molecule has 0 aromatic heterocycles. The zero-order valence-electron chi connectivity index (χ0n) is 9.32. The van der Waals surface area contributed by atoms with Gasteiger partial charge in [-0.05, 0) is 38.5 Å². The molecule has 1 N–H and O–H groups in total. The fourth-order valence-electron chi connectivity index (χ4n) is 1.04. The summed E-state index contributed by atoms with van der Waals surface area (Å²) >= 11 is 5.60. The van der Waals surface area contributed by atoms with Gasteiger partial charge < -0.3 is 12.4 Å². The second-order valence-electron chi connectivity index (χ2n) is 5.10. The van der Waals surface area contributed by atoms with Gasteiger partial charge in [0.25, 0.3) is 0 Å². The van der Waals surface area contributed by atoms with Gasteiger partial charge in [-0.3, -0.25) is 0 Å². The Balaban J connectivity index is 0. The molecule has 0 fully saturated rings. The van der Waals surface area contributed by atoms with Crippen molar-refractivity contribution in [3.05, 3.63) is 0 Å². The number of hydrogen-bond donors (Lipinski definition) is 1. The largest absolute Gasteiger partial charge is 1.00 e. The van der Waals surface area contributed by atoms with Gasteiger partial charge >= 0.3 is 0 Å². The molecule has 4 heteroatoms. The highest BCUT2D eigenvalue weighted by Gasteiger charge is 2.20. The highest BCUT2D eigenvalue weighted by molar-refractivity contribution is 7.73. The summed E-state index contributed by atoms with van der Waals surface area (Å²) < 4.78 is 0. The molecule has 0 saturated carbocycles. The molecule has 1 nitrogen and oxygen atoms in total. The maximum absolute atomic E-state index is 5.60. The predicted octanol–water partition coefficient (Wildman–Crippen LogP) is 0.200. The molecule has 0 amide bonds. The Kier molecular flexibility index (Phi) is 8.14. The standard InChI is InChI=1S/C9H22ClNP.ClH/c1-9(2,11-10)7-6-8-12(3,4)5;/h11H,6-8H2,1-5H3;1H/q+1;/p-1. The molecule has 82 valence electrons. The summed E-state index contributed by atoms with van der Waals surface area (Å²) in [5.74, 6) is 0. The number of hydrogen-bond acceptors (Lipinski definition) is 1. The van der Waals surface area contributed by atoms with Crippen LogP contribution in [0.1, 0.15) is 26.7 Å². The summed E-state index contributed by atoms with van der Waals surface area (Å²) in [4.78, 5) is 2.81. The zero-order chi connectivity index (χ0) is 9.83. The van der Waals surface area contributed by atoms with Gasteiger partial charge in [0, 0.05) is 32.8 Å². The Bertz CT molecular complexity index is 132. The molecule has 0 spiro atoms. The monoisotopic (exact) mass is 245 g/mol. The van der Waals surface area contributed by atoms with E-state index in [-0.39, 0.29) is 17.9 Å². The summed E-state index contributed by atoms with van der Waals surface area (Å²) in [6.45, 7) is 11.4. The summed E-state index contributed by atoms with van der Waals surface area (Å²) in [6.07, 6.45) is 3.81. The van der Waals surface area contributed by atoms with Crippen LogP contribution in [0.25, 0.3) is 0 Å². The Hall–Kier alpha value is 0.970. The smallest absolute Gasteiger partial charge is 0.0587 e. The first-order valence-electron chi connectivity index (χ1n) is 4.45. The van der Waals surface area contributed by atoms with Crippen molar-refractivity contribution >= 4 is 19.0 Å². The maximum atomic E-state index is 5.60. The fourth-order valence-corrected chi connectivity index (χ4v) is 2.24. The highest BCUT2D eigenvalue weighted by Crippen LogP contribution is 2.47. The molecule has 0 aliphatic heterocycles. The molecule has 0 heterocycles. The minimum absolute atomic E-state index is 0. The molecule has 0 aromatic carbocycles. The molecule has 0 aromatic rings. The van der Waals surface area contributed by atoms with E-state index in [9.17, 15) is 0 Å². The Morgan fingerprint density at radius 1 is 1.23 bits per heavy atom. The Morgan fingerprint density at radius 2 is 1.69 bits per heavy atom. The van der Waals surface area contributed by atoms with Crippen molar-refractivity contribution in [2.75, 3.05) is 26.2 Å². The van der Waals surface area contributed by atoms with Crippen molar-refractivity contribution in [3.63, 3.8) is 0 Å². The van der Waals surface area contributed by atoms with E-state index in [1.54, 1.807) is 0 Å². The van der Waals surface area contributed by atoms with Crippen LogP contribution < -0.4 is 17.2 Å². The molecule has 13 heavy (non-hydrogen) atoms. The predicted molar refractivity (Wildman–Crippen MR) is 61.9 cm³/mol. The molecular formula is C9H22Cl2NP. The highest BCUT2D eigenvalue weighted by atomic mass is 35.5. The number of halogens is 2. The van der Waals surface area contributed by atoms with Crippen LogP contribution in [0, 0.1) is 0 Å². The van der Waals surface area contributed by atoms with E-state index >= 15 is 0 Å². The third-order valence-corrected chi connectivity index (χ3v) is 4.06. The van der Waals surface area contributed by atoms with Crippen LogP contribution in [0.15, 0.2) is 0 Å². The van der Waals surface area contributed by atoms with E-state index in [1.165, 1.54) is 12.6 Å². The van der Waals surface area contributed by atoms with Crippen LogP contribution in [0.3, 0.4) is 0 Å². The lowest BCUT2D eigenvalue weighted by Crippen LogP contribution is -3.00. The van der Waals surface area contributed by atoms with Crippen LogP contribution in [-0.4, -0.2) is 31.7 Å². The van der Waals surface area contributed by atoms with Crippen LogP contribution in [-0.2, 0) is 0 Å². The van der Waals surface area contributed by atoms with Gasteiger partial charge in [0.1, 0.15) is 0 Å². The molecule has 0 rings (SSSR count). The molecule has 0 unspecified atom stereocenters. The van der Waals surface area contributed by atoms with Gasteiger partial charge in [-0.2, -0.15) is 0 Å². The third kappa shape index (κ3) is 10.9. The van der Waals surface area contributed by atoms with E-state index in [0.29, 0.717) is 0 Å². The third-order valence-electron chi connectivity index (χ3n) is 1.89. The average Bonchev–Trinajstić information content (AvgIpc) is 1.84. The summed E-state index contributed by atoms with van der Waals surface area (Å²) in [6, 6.07) is 0. The fraction of sp³-hybridized carbons (Fsp3) is 1.00. The Morgan fingerprint density at radius 3 is 2.00 bits per heavy atom. The average molecular weight is 246 g/mol. The first-order chi connectivity index (χ1) is 5.27. The van der Waals surface area contributed by atoms with Crippen molar-refractivity contribution in [2.45, 2.75) is 32.2 Å². The van der Waals surface area contributed by atoms with Gasteiger partial charge in [-0.25, -0.2) is 4.84 Å². The van der Waals surface area contributed by atoms with Gasteiger partial charge in [-0.1, -0.05) is 0 Å². The molecule has 0 radical (unpaired) electrons. The van der Waals surface area contributed by atoms with E-state index in [1.807, 2.05) is 0 Å².